The minimum atomic E-state index is -3.63. The fraction of sp³-hybridized carbons (Fsp3) is 0.409. The standard InChI is InChI=1S/C22H28N2O4S/c1-16(2)23(3)29(27,28)21-6-4-5-19(15-21)22(26)24-13-11-18(12-14-24)17-7-9-20(25)10-8-17/h4-10,15-16,18,25H,11-14H2,1-3H3. The van der Waals surface area contributed by atoms with E-state index in [-0.39, 0.29) is 22.6 Å². The first-order chi connectivity index (χ1) is 13.7. The fourth-order valence-electron chi connectivity index (χ4n) is 3.58. The summed E-state index contributed by atoms with van der Waals surface area (Å²) in [6.45, 7) is 4.86. The van der Waals surface area contributed by atoms with E-state index in [1.54, 1.807) is 36.2 Å². The van der Waals surface area contributed by atoms with Crippen molar-refractivity contribution in [1.82, 2.24) is 9.21 Å². The van der Waals surface area contributed by atoms with Gasteiger partial charge in [-0.3, -0.25) is 4.79 Å². The molecule has 6 nitrogen and oxygen atoms in total. The van der Waals surface area contributed by atoms with E-state index < -0.39 is 10.0 Å². The van der Waals surface area contributed by atoms with Gasteiger partial charge in [-0.1, -0.05) is 18.2 Å². The van der Waals surface area contributed by atoms with E-state index in [1.165, 1.54) is 22.0 Å². The topological polar surface area (TPSA) is 77.9 Å². The molecule has 3 rings (SSSR count). The molecule has 0 unspecified atom stereocenters. The van der Waals surface area contributed by atoms with E-state index in [2.05, 4.69) is 0 Å². The van der Waals surface area contributed by atoms with Crippen LogP contribution in [0, 0.1) is 0 Å². The van der Waals surface area contributed by atoms with Gasteiger partial charge in [-0.15, -0.1) is 0 Å². The highest BCUT2D eigenvalue weighted by molar-refractivity contribution is 7.89. The van der Waals surface area contributed by atoms with Crippen molar-refractivity contribution < 1.29 is 18.3 Å². The molecule has 156 valence electrons. The van der Waals surface area contributed by atoms with Crippen molar-refractivity contribution in [2.45, 2.75) is 43.5 Å². The number of rotatable bonds is 5. The van der Waals surface area contributed by atoms with Gasteiger partial charge in [-0.25, -0.2) is 8.42 Å². The fourth-order valence-corrected chi connectivity index (χ4v) is 4.99. The van der Waals surface area contributed by atoms with Crippen molar-refractivity contribution in [3.8, 4) is 5.75 Å². The average molecular weight is 417 g/mol. The van der Waals surface area contributed by atoms with Gasteiger partial charge < -0.3 is 10.0 Å². The summed E-state index contributed by atoms with van der Waals surface area (Å²) in [7, 11) is -2.09. The Morgan fingerprint density at radius 3 is 2.31 bits per heavy atom. The van der Waals surface area contributed by atoms with Gasteiger partial charge in [0, 0.05) is 31.7 Å². The molecule has 29 heavy (non-hydrogen) atoms. The third kappa shape index (κ3) is 4.62. The van der Waals surface area contributed by atoms with Crippen LogP contribution < -0.4 is 0 Å². The second-order valence-electron chi connectivity index (χ2n) is 7.80. The van der Waals surface area contributed by atoms with E-state index >= 15 is 0 Å². The predicted octanol–water partition coefficient (Wildman–Crippen LogP) is 3.44. The van der Waals surface area contributed by atoms with E-state index in [1.807, 2.05) is 26.0 Å². The Kier molecular flexibility index (Phi) is 6.29. The Balaban J connectivity index is 1.71. The molecule has 1 fully saturated rings. The van der Waals surface area contributed by atoms with Crippen LogP contribution >= 0.6 is 0 Å². The van der Waals surface area contributed by atoms with Crippen LogP contribution in [0.25, 0.3) is 0 Å². The number of sulfonamides is 1. The zero-order chi connectivity index (χ0) is 21.2. The molecule has 7 heteroatoms. The van der Waals surface area contributed by atoms with Crippen LogP contribution in [0.3, 0.4) is 0 Å². The van der Waals surface area contributed by atoms with Gasteiger partial charge in [0.15, 0.2) is 0 Å². The van der Waals surface area contributed by atoms with Crippen LogP contribution in [0.4, 0.5) is 0 Å². The van der Waals surface area contributed by atoms with Crippen molar-refractivity contribution in [1.29, 1.82) is 0 Å². The first kappa shape index (κ1) is 21.3. The van der Waals surface area contributed by atoms with Crippen molar-refractivity contribution in [2.24, 2.45) is 0 Å². The Labute approximate surface area is 172 Å². The predicted molar refractivity (Wildman–Crippen MR) is 113 cm³/mol. The lowest BCUT2D eigenvalue weighted by atomic mass is 9.89. The lowest BCUT2D eigenvalue weighted by molar-refractivity contribution is 0.0712. The second-order valence-corrected chi connectivity index (χ2v) is 9.80. The van der Waals surface area contributed by atoms with Crippen molar-refractivity contribution in [3.05, 3.63) is 59.7 Å². The molecule has 0 saturated carbocycles. The van der Waals surface area contributed by atoms with Crippen LogP contribution in [0.5, 0.6) is 5.75 Å². The number of likely N-dealkylation sites (tertiary alicyclic amines) is 1. The van der Waals surface area contributed by atoms with E-state index in [9.17, 15) is 18.3 Å². The molecule has 1 amide bonds. The quantitative estimate of drug-likeness (QED) is 0.810. The number of phenols is 1. The molecule has 1 saturated heterocycles. The summed E-state index contributed by atoms with van der Waals surface area (Å²) >= 11 is 0. The highest BCUT2D eigenvalue weighted by Crippen LogP contribution is 2.30. The van der Waals surface area contributed by atoms with Gasteiger partial charge in [0.2, 0.25) is 10.0 Å². The summed E-state index contributed by atoms with van der Waals surface area (Å²) in [6.07, 6.45) is 1.68. The molecule has 0 aromatic heterocycles. The van der Waals surface area contributed by atoms with Gasteiger partial charge in [0.05, 0.1) is 4.90 Å². The summed E-state index contributed by atoms with van der Waals surface area (Å²) < 4.78 is 26.8. The molecule has 0 aliphatic carbocycles. The number of piperidine rings is 1. The van der Waals surface area contributed by atoms with Crippen LogP contribution in [-0.2, 0) is 10.0 Å². The number of carbonyl (C=O) groups is 1. The number of phenolic OH excluding ortho intramolecular Hbond substituents is 1. The maximum Gasteiger partial charge on any atom is 0.253 e. The van der Waals surface area contributed by atoms with E-state index in [0.29, 0.717) is 24.6 Å². The lowest BCUT2D eigenvalue weighted by Crippen LogP contribution is -2.38. The summed E-state index contributed by atoms with van der Waals surface area (Å²) in [5.41, 5.74) is 1.56. The van der Waals surface area contributed by atoms with Gasteiger partial charge in [0.1, 0.15) is 5.75 Å². The summed E-state index contributed by atoms with van der Waals surface area (Å²) in [5, 5.41) is 9.44. The number of benzene rings is 2. The van der Waals surface area contributed by atoms with Crippen LogP contribution in [0.15, 0.2) is 53.4 Å². The largest absolute Gasteiger partial charge is 0.508 e. The molecule has 2 aromatic carbocycles. The maximum absolute atomic E-state index is 13.0. The van der Waals surface area contributed by atoms with Crippen molar-refractivity contribution in [2.75, 3.05) is 20.1 Å². The van der Waals surface area contributed by atoms with Gasteiger partial charge in [-0.05, 0) is 68.5 Å². The average Bonchev–Trinajstić information content (AvgIpc) is 2.73. The van der Waals surface area contributed by atoms with Crippen LogP contribution in [0.2, 0.25) is 0 Å². The van der Waals surface area contributed by atoms with Gasteiger partial charge >= 0.3 is 0 Å². The normalized spacial score (nSPS) is 15.8. The lowest BCUT2D eigenvalue weighted by Gasteiger charge is -2.32. The first-order valence-electron chi connectivity index (χ1n) is 9.86. The zero-order valence-electron chi connectivity index (χ0n) is 17.1. The molecule has 2 aromatic rings. The summed E-state index contributed by atoms with van der Waals surface area (Å²) in [4.78, 5) is 14.9. The minimum absolute atomic E-state index is 0.138. The SMILES string of the molecule is CC(C)N(C)S(=O)(=O)c1cccc(C(=O)N2CCC(c3ccc(O)cc3)CC2)c1. The van der Waals surface area contributed by atoms with Gasteiger partial charge in [0.25, 0.3) is 5.91 Å². The molecular formula is C22H28N2O4S. The number of carbonyl (C=O) groups excluding carboxylic acids is 1. The Morgan fingerprint density at radius 1 is 1.10 bits per heavy atom. The number of hydrogen-bond donors (Lipinski definition) is 1. The molecule has 1 heterocycles. The molecule has 1 aliphatic rings. The number of nitrogens with zero attached hydrogens (tertiary/aromatic N) is 2. The number of amides is 1. The molecule has 0 bridgehead atoms. The Morgan fingerprint density at radius 2 is 1.72 bits per heavy atom. The molecule has 0 spiro atoms. The second kappa shape index (κ2) is 8.55. The van der Waals surface area contributed by atoms with E-state index in [0.717, 1.165) is 12.8 Å². The molecular weight excluding hydrogens is 388 g/mol. The zero-order valence-corrected chi connectivity index (χ0v) is 17.9. The van der Waals surface area contributed by atoms with Crippen molar-refractivity contribution in [3.63, 3.8) is 0 Å². The molecule has 0 atom stereocenters. The monoisotopic (exact) mass is 416 g/mol. The highest BCUT2D eigenvalue weighted by Gasteiger charge is 2.27. The Bertz CT molecular complexity index is 963. The smallest absolute Gasteiger partial charge is 0.253 e. The third-order valence-electron chi connectivity index (χ3n) is 5.63. The van der Waals surface area contributed by atoms with Gasteiger partial charge in [-0.2, -0.15) is 4.31 Å². The number of hydrogen-bond acceptors (Lipinski definition) is 4. The molecule has 1 N–H and O–H groups in total. The highest BCUT2D eigenvalue weighted by atomic mass is 32.2. The first-order valence-corrected chi connectivity index (χ1v) is 11.3. The minimum Gasteiger partial charge on any atom is -0.508 e. The van der Waals surface area contributed by atoms with E-state index in [4.69, 9.17) is 0 Å². The van der Waals surface area contributed by atoms with Crippen molar-refractivity contribution >= 4 is 15.9 Å². The summed E-state index contributed by atoms with van der Waals surface area (Å²) in [5.74, 6) is 0.462. The third-order valence-corrected chi connectivity index (χ3v) is 7.66. The maximum atomic E-state index is 13.0. The van der Waals surface area contributed by atoms with Crippen LogP contribution in [0.1, 0.15) is 48.5 Å². The summed E-state index contributed by atoms with van der Waals surface area (Å²) in [6, 6.07) is 13.4. The molecule has 1 aliphatic heterocycles. The molecule has 0 radical (unpaired) electrons. The Hall–Kier alpha value is -2.38. The van der Waals surface area contributed by atoms with Crippen LogP contribution in [-0.4, -0.2) is 54.8 Å². The number of aromatic hydroxyl groups is 1.